The molecule has 0 aliphatic heterocycles. The normalized spacial score (nSPS) is 9.61. The first-order valence-corrected chi connectivity index (χ1v) is 5.29. The van der Waals surface area contributed by atoms with Crippen LogP contribution in [0.25, 0.3) is 11.3 Å². The number of hydrogen-bond donors (Lipinski definition) is 2. The topological polar surface area (TPSA) is 84.0 Å². The molecule has 0 atom stereocenters. The zero-order chi connectivity index (χ0) is 13.0. The van der Waals surface area contributed by atoms with Crippen LogP contribution < -0.4 is 16.0 Å². The van der Waals surface area contributed by atoms with Crippen LogP contribution in [0.2, 0.25) is 0 Å². The molecule has 0 unspecified atom stereocenters. The highest BCUT2D eigenvalue weighted by atomic mass is 16.5. The second-order valence-electron chi connectivity index (χ2n) is 3.60. The Hall–Kier alpha value is -2.58. The first kappa shape index (κ1) is 11.9. The van der Waals surface area contributed by atoms with Gasteiger partial charge in [0.2, 0.25) is 0 Å². The molecule has 0 saturated heterocycles. The molecule has 90 valence electrons. The number of rotatable bonds is 3. The van der Waals surface area contributed by atoms with Crippen LogP contribution in [-0.2, 0) is 0 Å². The first-order chi connectivity index (χ1) is 8.78. The summed E-state index contributed by atoms with van der Waals surface area (Å²) in [6.45, 7) is 0. The number of anilines is 1. The maximum atomic E-state index is 8.93. The standard InChI is InChI=1S/C13H12N4O/c1-18-13-3-2-9(8-14)6-11(13)12-7-10(17-15)4-5-16-12/h2-7H,15H2,1H3,(H,16,17). The largest absolute Gasteiger partial charge is 0.496 e. The van der Waals surface area contributed by atoms with Gasteiger partial charge in [-0.1, -0.05) is 0 Å². The van der Waals surface area contributed by atoms with Crippen molar-refractivity contribution in [2.75, 3.05) is 12.5 Å². The Morgan fingerprint density at radius 1 is 1.33 bits per heavy atom. The highest BCUT2D eigenvalue weighted by Gasteiger charge is 2.08. The first-order valence-electron chi connectivity index (χ1n) is 5.29. The van der Waals surface area contributed by atoms with E-state index < -0.39 is 0 Å². The van der Waals surface area contributed by atoms with Crippen LogP contribution >= 0.6 is 0 Å². The second kappa shape index (κ2) is 5.17. The smallest absolute Gasteiger partial charge is 0.128 e. The fourth-order valence-electron chi connectivity index (χ4n) is 1.65. The van der Waals surface area contributed by atoms with Crippen molar-refractivity contribution in [1.82, 2.24) is 4.98 Å². The third-order valence-corrected chi connectivity index (χ3v) is 2.53. The maximum absolute atomic E-state index is 8.93. The molecule has 0 spiro atoms. The Balaban J connectivity index is 2.57. The van der Waals surface area contributed by atoms with Crippen molar-refractivity contribution in [3.63, 3.8) is 0 Å². The van der Waals surface area contributed by atoms with E-state index in [9.17, 15) is 0 Å². The molecule has 1 heterocycles. The molecule has 5 nitrogen and oxygen atoms in total. The fourth-order valence-corrected chi connectivity index (χ4v) is 1.65. The van der Waals surface area contributed by atoms with Gasteiger partial charge in [-0.2, -0.15) is 5.26 Å². The number of hydrogen-bond acceptors (Lipinski definition) is 5. The minimum Gasteiger partial charge on any atom is -0.496 e. The highest BCUT2D eigenvalue weighted by Crippen LogP contribution is 2.30. The molecule has 0 aliphatic rings. The van der Waals surface area contributed by atoms with Gasteiger partial charge in [0, 0.05) is 11.8 Å². The van der Waals surface area contributed by atoms with Gasteiger partial charge in [0.25, 0.3) is 0 Å². The van der Waals surface area contributed by atoms with E-state index >= 15 is 0 Å². The molecule has 18 heavy (non-hydrogen) atoms. The number of hydrazine groups is 1. The summed E-state index contributed by atoms with van der Waals surface area (Å²) in [7, 11) is 1.58. The molecule has 0 fully saturated rings. The number of nitrogens with two attached hydrogens (primary N) is 1. The Labute approximate surface area is 105 Å². The number of pyridine rings is 1. The molecule has 0 saturated carbocycles. The maximum Gasteiger partial charge on any atom is 0.128 e. The van der Waals surface area contributed by atoms with E-state index in [2.05, 4.69) is 16.5 Å². The van der Waals surface area contributed by atoms with E-state index in [1.165, 1.54) is 0 Å². The zero-order valence-corrected chi connectivity index (χ0v) is 9.84. The number of ether oxygens (including phenoxy) is 1. The summed E-state index contributed by atoms with van der Waals surface area (Å²) in [6.07, 6.45) is 1.64. The fraction of sp³-hybridized carbons (Fsp3) is 0.0769. The molecular weight excluding hydrogens is 228 g/mol. The van der Waals surface area contributed by atoms with E-state index in [1.54, 1.807) is 43.6 Å². The molecule has 1 aromatic carbocycles. The average molecular weight is 240 g/mol. The van der Waals surface area contributed by atoms with Gasteiger partial charge in [-0.25, -0.2) is 0 Å². The Morgan fingerprint density at radius 3 is 2.83 bits per heavy atom. The molecule has 0 amide bonds. The van der Waals surface area contributed by atoms with Gasteiger partial charge in [0.05, 0.1) is 30.1 Å². The van der Waals surface area contributed by atoms with Crippen molar-refractivity contribution < 1.29 is 4.74 Å². The quantitative estimate of drug-likeness (QED) is 0.632. The second-order valence-corrected chi connectivity index (χ2v) is 3.60. The number of nitrogens with zero attached hydrogens (tertiary/aromatic N) is 2. The van der Waals surface area contributed by atoms with Gasteiger partial charge >= 0.3 is 0 Å². The SMILES string of the molecule is COc1ccc(C#N)cc1-c1cc(NN)ccn1. The molecule has 0 aliphatic carbocycles. The summed E-state index contributed by atoms with van der Waals surface area (Å²) >= 11 is 0. The monoisotopic (exact) mass is 240 g/mol. The molecule has 5 heteroatoms. The third-order valence-electron chi connectivity index (χ3n) is 2.53. The van der Waals surface area contributed by atoms with Crippen molar-refractivity contribution in [3.05, 3.63) is 42.1 Å². The van der Waals surface area contributed by atoms with E-state index in [0.717, 1.165) is 11.3 Å². The number of nitrogen functional groups attached to an aromatic ring is 1. The van der Waals surface area contributed by atoms with Gasteiger partial charge in [-0.15, -0.1) is 0 Å². The Morgan fingerprint density at radius 2 is 2.17 bits per heavy atom. The van der Waals surface area contributed by atoms with E-state index in [-0.39, 0.29) is 0 Å². The summed E-state index contributed by atoms with van der Waals surface area (Å²) in [5.74, 6) is 6.02. The van der Waals surface area contributed by atoms with Crippen LogP contribution in [0.5, 0.6) is 5.75 Å². The Bertz CT molecular complexity index is 604. The molecule has 2 rings (SSSR count). The van der Waals surface area contributed by atoms with E-state index in [1.807, 2.05) is 0 Å². The summed E-state index contributed by atoms with van der Waals surface area (Å²) < 4.78 is 5.27. The lowest BCUT2D eigenvalue weighted by Crippen LogP contribution is -2.06. The lowest BCUT2D eigenvalue weighted by Gasteiger charge is -2.09. The predicted molar refractivity (Wildman–Crippen MR) is 68.8 cm³/mol. The van der Waals surface area contributed by atoms with Gasteiger partial charge in [0.15, 0.2) is 0 Å². The number of nitriles is 1. The van der Waals surface area contributed by atoms with Crippen molar-refractivity contribution in [3.8, 4) is 23.1 Å². The lowest BCUT2D eigenvalue weighted by molar-refractivity contribution is 0.416. The highest BCUT2D eigenvalue weighted by molar-refractivity contribution is 5.71. The third kappa shape index (κ3) is 2.24. The molecule has 0 radical (unpaired) electrons. The zero-order valence-electron chi connectivity index (χ0n) is 9.84. The van der Waals surface area contributed by atoms with Crippen molar-refractivity contribution in [2.45, 2.75) is 0 Å². The molecule has 3 N–H and O–H groups in total. The number of benzene rings is 1. The van der Waals surface area contributed by atoms with Crippen molar-refractivity contribution in [2.24, 2.45) is 5.84 Å². The van der Waals surface area contributed by atoms with Crippen LogP contribution in [-0.4, -0.2) is 12.1 Å². The molecule has 0 bridgehead atoms. The van der Waals surface area contributed by atoms with Crippen molar-refractivity contribution >= 4 is 5.69 Å². The summed E-state index contributed by atoms with van der Waals surface area (Å²) in [6, 6.07) is 10.8. The van der Waals surface area contributed by atoms with Gasteiger partial charge in [-0.05, 0) is 30.3 Å². The van der Waals surface area contributed by atoms with Gasteiger partial charge < -0.3 is 10.2 Å². The number of aromatic nitrogens is 1. The minimum atomic E-state index is 0.554. The van der Waals surface area contributed by atoms with Crippen LogP contribution in [0.3, 0.4) is 0 Å². The summed E-state index contributed by atoms with van der Waals surface area (Å²) in [4.78, 5) is 4.26. The predicted octanol–water partition coefficient (Wildman–Crippen LogP) is 1.91. The van der Waals surface area contributed by atoms with Crippen LogP contribution in [0.4, 0.5) is 5.69 Å². The van der Waals surface area contributed by atoms with Crippen LogP contribution in [0.1, 0.15) is 5.56 Å². The van der Waals surface area contributed by atoms with E-state index in [0.29, 0.717) is 17.0 Å². The number of methoxy groups -OCH3 is 1. The van der Waals surface area contributed by atoms with Gasteiger partial charge in [-0.3, -0.25) is 10.8 Å². The van der Waals surface area contributed by atoms with E-state index in [4.69, 9.17) is 15.8 Å². The Kier molecular flexibility index (Phi) is 3.41. The molecule has 1 aromatic heterocycles. The van der Waals surface area contributed by atoms with Crippen molar-refractivity contribution in [1.29, 1.82) is 5.26 Å². The molecule has 2 aromatic rings. The van der Waals surface area contributed by atoms with Crippen LogP contribution in [0.15, 0.2) is 36.5 Å². The number of nitrogens with one attached hydrogen (secondary N) is 1. The minimum absolute atomic E-state index is 0.554. The summed E-state index contributed by atoms with van der Waals surface area (Å²) in [5, 5.41) is 8.93. The average Bonchev–Trinajstić information content (AvgIpc) is 2.46. The molecular formula is C13H12N4O. The van der Waals surface area contributed by atoms with Crippen LogP contribution in [0, 0.1) is 11.3 Å². The summed E-state index contributed by atoms with van der Waals surface area (Å²) in [5.41, 5.74) is 5.30. The lowest BCUT2D eigenvalue weighted by atomic mass is 10.1. The van der Waals surface area contributed by atoms with Gasteiger partial charge in [0.1, 0.15) is 5.75 Å².